The van der Waals surface area contributed by atoms with E-state index >= 15 is 0 Å². The minimum atomic E-state index is 0.194. The normalized spacial score (nSPS) is 18.4. The molecule has 1 atom stereocenters. The van der Waals surface area contributed by atoms with Crippen LogP contribution in [-0.4, -0.2) is 23.7 Å². The fourth-order valence-electron chi connectivity index (χ4n) is 2.38. The maximum Gasteiger partial charge on any atom is 0.122 e. The molecule has 0 aliphatic carbocycles. The Hall–Kier alpha value is -1.59. The topological polar surface area (TPSA) is 45.6 Å². The molecule has 0 radical (unpaired) electrons. The zero-order valence-electron chi connectivity index (χ0n) is 11.5. The fraction of sp³-hybridized carbons (Fsp3) is 0.400. The zero-order valence-corrected chi connectivity index (χ0v) is 12.3. The summed E-state index contributed by atoms with van der Waals surface area (Å²) in [4.78, 5) is 6.75. The van der Waals surface area contributed by atoms with Crippen LogP contribution >= 0.6 is 11.3 Å². The maximum absolute atomic E-state index is 9.52. The molecule has 5 heteroatoms. The van der Waals surface area contributed by atoms with Crippen LogP contribution in [0.25, 0.3) is 0 Å². The summed E-state index contributed by atoms with van der Waals surface area (Å²) in [5.41, 5.74) is 2.03. The molecule has 2 heterocycles. The second-order valence-electron chi connectivity index (χ2n) is 5.05. The predicted molar refractivity (Wildman–Crippen MR) is 80.3 cm³/mol. The number of benzene rings is 1. The first kappa shape index (κ1) is 13.4. The summed E-state index contributed by atoms with van der Waals surface area (Å²) in [5, 5.41) is 12.7. The number of phenols is 1. The van der Waals surface area contributed by atoms with Gasteiger partial charge in [0.1, 0.15) is 16.9 Å². The summed E-state index contributed by atoms with van der Waals surface area (Å²) in [5.74, 6) is 0.285. The number of aromatic hydroxyl groups is 1. The second-order valence-corrected chi connectivity index (χ2v) is 5.94. The van der Waals surface area contributed by atoms with Crippen molar-refractivity contribution in [2.45, 2.75) is 25.5 Å². The Morgan fingerprint density at radius 3 is 3.15 bits per heavy atom. The molecule has 1 fully saturated rings. The molecule has 106 valence electrons. The van der Waals surface area contributed by atoms with Crippen LogP contribution in [0, 0.1) is 0 Å². The summed E-state index contributed by atoms with van der Waals surface area (Å²) in [6.07, 6.45) is 2.40. The van der Waals surface area contributed by atoms with Crippen molar-refractivity contribution < 1.29 is 9.84 Å². The van der Waals surface area contributed by atoms with Crippen LogP contribution in [0.15, 0.2) is 29.6 Å². The van der Waals surface area contributed by atoms with Crippen LogP contribution in [0.5, 0.6) is 5.75 Å². The number of thiazole rings is 1. The SMILES string of the molecule is CN(Cc1csc([C@H]2CCCO2)n1)c1cccc(O)c1. The van der Waals surface area contributed by atoms with Crippen molar-refractivity contribution in [2.75, 3.05) is 18.6 Å². The quantitative estimate of drug-likeness (QED) is 0.938. The number of nitrogens with zero attached hydrogens (tertiary/aromatic N) is 2. The molecular formula is C15H18N2O2S. The molecule has 20 heavy (non-hydrogen) atoms. The molecular weight excluding hydrogens is 272 g/mol. The minimum absolute atomic E-state index is 0.194. The first-order chi connectivity index (χ1) is 9.72. The largest absolute Gasteiger partial charge is 0.508 e. The number of ether oxygens (including phenoxy) is 1. The molecule has 3 rings (SSSR count). The Morgan fingerprint density at radius 1 is 1.50 bits per heavy atom. The third-order valence-corrected chi connectivity index (χ3v) is 4.43. The Balaban J connectivity index is 1.68. The lowest BCUT2D eigenvalue weighted by atomic mass is 10.2. The Kier molecular flexibility index (Phi) is 3.89. The van der Waals surface area contributed by atoms with Gasteiger partial charge in [-0.1, -0.05) is 6.07 Å². The van der Waals surface area contributed by atoms with Crippen LogP contribution in [0.1, 0.15) is 29.6 Å². The Morgan fingerprint density at radius 2 is 2.40 bits per heavy atom. The number of phenolic OH excluding ortho intramolecular Hbond substituents is 1. The lowest BCUT2D eigenvalue weighted by Crippen LogP contribution is -2.16. The molecule has 0 spiro atoms. The molecule has 4 nitrogen and oxygen atoms in total. The van der Waals surface area contributed by atoms with Gasteiger partial charge in [-0.05, 0) is 25.0 Å². The van der Waals surface area contributed by atoms with E-state index in [4.69, 9.17) is 4.74 Å². The highest BCUT2D eigenvalue weighted by Gasteiger charge is 2.21. The highest BCUT2D eigenvalue weighted by Crippen LogP contribution is 2.31. The lowest BCUT2D eigenvalue weighted by molar-refractivity contribution is 0.111. The average molecular weight is 290 g/mol. The highest BCUT2D eigenvalue weighted by atomic mass is 32.1. The van der Waals surface area contributed by atoms with Crippen LogP contribution < -0.4 is 4.90 Å². The van der Waals surface area contributed by atoms with Crippen molar-refractivity contribution in [1.82, 2.24) is 4.98 Å². The van der Waals surface area contributed by atoms with E-state index in [2.05, 4.69) is 15.3 Å². The van der Waals surface area contributed by atoms with E-state index in [9.17, 15) is 5.11 Å². The third kappa shape index (κ3) is 2.94. The number of rotatable bonds is 4. The molecule has 0 bridgehead atoms. The van der Waals surface area contributed by atoms with E-state index in [1.165, 1.54) is 0 Å². The smallest absolute Gasteiger partial charge is 0.122 e. The number of aromatic nitrogens is 1. The van der Waals surface area contributed by atoms with Gasteiger partial charge in [-0.15, -0.1) is 11.3 Å². The van der Waals surface area contributed by atoms with Gasteiger partial charge in [-0.2, -0.15) is 0 Å². The van der Waals surface area contributed by atoms with Crippen molar-refractivity contribution in [3.8, 4) is 5.75 Å². The van der Waals surface area contributed by atoms with Gasteiger partial charge in [0.2, 0.25) is 0 Å². The first-order valence-corrected chi connectivity index (χ1v) is 7.66. The highest BCUT2D eigenvalue weighted by molar-refractivity contribution is 7.09. The van der Waals surface area contributed by atoms with Crippen LogP contribution in [0.3, 0.4) is 0 Å². The minimum Gasteiger partial charge on any atom is -0.508 e. The Bertz CT molecular complexity index is 579. The van der Waals surface area contributed by atoms with Gasteiger partial charge in [0.05, 0.1) is 12.2 Å². The predicted octanol–water partition coefficient (Wildman–Crippen LogP) is 3.34. The van der Waals surface area contributed by atoms with E-state index in [1.54, 1.807) is 23.5 Å². The molecule has 2 aromatic rings. The zero-order chi connectivity index (χ0) is 13.9. The molecule has 1 aliphatic heterocycles. The van der Waals surface area contributed by atoms with Crippen LogP contribution in [-0.2, 0) is 11.3 Å². The third-order valence-electron chi connectivity index (χ3n) is 3.44. The van der Waals surface area contributed by atoms with E-state index in [1.807, 2.05) is 19.2 Å². The van der Waals surface area contributed by atoms with Gasteiger partial charge in [-0.25, -0.2) is 4.98 Å². The number of hydrogen-bond donors (Lipinski definition) is 1. The summed E-state index contributed by atoms with van der Waals surface area (Å²) >= 11 is 1.67. The second kappa shape index (κ2) is 5.81. The van der Waals surface area contributed by atoms with Gasteiger partial charge < -0.3 is 14.7 Å². The summed E-state index contributed by atoms with van der Waals surface area (Å²) < 4.78 is 5.66. The average Bonchev–Trinajstić information content (AvgIpc) is 3.08. The maximum atomic E-state index is 9.52. The fourth-order valence-corrected chi connectivity index (χ4v) is 3.27. The van der Waals surface area contributed by atoms with E-state index < -0.39 is 0 Å². The van der Waals surface area contributed by atoms with Crippen molar-refractivity contribution >= 4 is 17.0 Å². The molecule has 1 aromatic heterocycles. The lowest BCUT2D eigenvalue weighted by Gasteiger charge is -2.18. The standard InChI is InChI=1S/C15H18N2O2S/c1-17(12-4-2-5-13(18)8-12)9-11-10-20-15(16-11)14-6-3-7-19-14/h2,4-5,8,10,14,18H,3,6-7,9H2,1H3/t14-/m1/s1. The summed E-state index contributed by atoms with van der Waals surface area (Å²) in [6.45, 7) is 1.58. The molecule has 1 N–H and O–H groups in total. The summed E-state index contributed by atoms with van der Waals surface area (Å²) in [7, 11) is 2.00. The van der Waals surface area contributed by atoms with E-state index in [0.29, 0.717) is 0 Å². The van der Waals surface area contributed by atoms with Gasteiger partial charge in [0.25, 0.3) is 0 Å². The molecule has 1 saturated heterocycles. The van der Waals surface area contributed by atoms with Crippen molar-refractivity contribution in [3.63, 3.8) is 0 Å². The number of hydrogen-bond acceptors (Lipinski definition) is 5. The first-order valence-electron chi connectivity index (χ1n) is 6.78. The van der Waals surface area contributed by atoms with Gasteiger partial charge in [0, 0.05) is 30.8 Å². The summed E-state index contributed by atoms with van der Waals surface area (Å²) in [6, 6.07) is 7.26. The van der Waals surface area contributed by atoms with Gasteiger partial charge in [-0.3, -0.25) is 0 Å². The van der Waals surface area contributed by atoms with Gasteiger partial charge in [0.15, 0.2) is 0 Å². The molecule has 1 aromatic carbocycles. The van der Waals surface area contributed by atoms with Crippen molar-refractivity contribution in [3.05, 3.63) is 40.3 Å². The molecule has 0 unspecified atom stereocenters. The monoisotopic (exact) mass is 290 g/mol. The Labute approximate surface area is 122 Å². The number of anilines is 1. The van der Waals surface area contributed by atoms with Crippen LogP contribution in [0.4, 0.5) is 5.69 Å². The molecule has 0 amide bonds. The molecule has 0 saturated carbocycles. The van der Waals surface area contributed by atoms with Gasteiger partial charge >= 0.3 is 0 Å². The van der Waals surface area contributed by atoms with E-state index in [-0.39, 0.29) is 11.9 Å². The molecule has 1 aliphatic rings. The van der Waals surface area contributed by atoms with Crippen molar-refractivity contribution in [1.29, 1.82) is 0 Å². The van der Waals surface area contributed by atoms with Crippen LogP contribution in [0.2, 0.25) is 0 Å². The van der Waals surface area contributed by atoms with E-state index in [0.717, 1.165) is 42.4 Å². The van der Waals surface area contributed by atoms with Crippen molar-refractivity contribution in [2.24, 2.45) is 0 Å².